The standard InChI is InChI=1S/C21H25N3O3/c1-4-27-13-5-12-22-21(25)16-6-11-20-19(14-16)23-15(2)24(20)17-7-9-18(26-3)10-8-17/h6-11,14H,4-5,12-13H2,1-3H3,(H,22,25). The van der Waals surface area contributed by atoms with E-state index in [1.54, 1.807) is 7.11 Å². The number of imidazole rings is 1. The summed E-state index contributed by atoms with van der Waals surface area (Å²) in [6, 6.07) is 13.4. The fraction of sp³-hybridized carbons (Fsp3) is 0.333. The normalized spacial score (nSPS) is 10.9. The molecule has 0 atom stereocenters. The maximum atomic E-state index is 12.4. The zero-order valence-corrected chi connectivity index (χ0v) is 16.0. The maximum absolute atomic E-state index is 12.4. The second-order valence-corrected chi connectivity index (χ2v) is 6.20. The van der Waals surface area contributed by atoms with Gasteiger partial charge in [0, 0.05) is 31.0 Å². The van der Waals surface area contributed by atoms with Crippen molar-refractivity contribution in [1.29, 1.82) is 0 Å². The first-order valence-corrected chi connectivity index (χ1v) is 9.13. The van der Waals surface area contributed by atoms with Crippen LogP contribution >= 0.6 is 0 Å². The van der Waals surface area contributed by atoms with Crippen molar-refractivity contribution in [2.24, 2.45) is 0 Å². The first kappa shape index (κ1) is 18.9. The molecule has 1 N–H and O–H groups in total. The lowest BCUT2D eigenvalue weighted by Gasteiger charge is -2.09. The van der Waals surface area contributed by atoms with Crippen molar-refractivity contribution in [3.05, 3.63) is 53.9 Å². The molecule has 1 heterocycles. The number of methoxy groups -OCH3 is 1. The molecule has 1 aromatic heterocycles. The van der Waals surface area contributed by atoms with Gasteiger partial charge in [0.2, 0.25) is 0 Å². The van der Waals surface area contributed by atoms with Crippen molar-refractivity contribution < 1.29 is 14.3 Å². The van der Waals surface area contributed by atoms with E-state index in [1.807, 2.05) is 56.3 Å². The first-order valence-electron chi connectivity index (χ1n) is 9.13. The van der Waals surface area contributed by atoms with Crippen molar-refractivity contribution in [2.45, 2.75) is 20.3 Å². The third-order valence-corrected chi connectivity index (χ3v) is 4.37. The quantitative estimate of drug-likeness (QED) is 0.619. The highest BCUT2D eigenvalue weighted by atomic mass is 16.5. The zero-order chi connectivity index (χ0) is 19.2. The molecule has 0 aliphatic carbocycles. The minimum Gasteiger partial charge on any atom is -0.497 e. The predicted octanol–water partition coefficient (Wildman–Crippen LogP) is 3.50. The van der Waals surface area contributed by atoms with Crippen LogP contribution in [0.1, 0.15) is 29.5 Å². The van der Waals surface area contributed by atoms with Crippen LogP contribution < -0.4 is 10.1 Å². The van der Waals surface area contributed by atoms with Gasteiger partial charge in [0.15, 0.2) is 0 Å². The number of aryl methyl sites for hydroxylation is 1. The summed E-state index contributed by atoms with van der Waals surface area (Å²) in [4.78, 5) is 17.0. The molecule has 0 saturated carbocycles. The molecular formula is C21H25N3O3. The van der Waals surface area contributed by atoms with E-state index >= 15 is 0 Å². The van der Waals surface area contributed by atoms with Crippen LogP contribution in [0, 0.1) is 6.92 Å². The fourth-order valence-corrected chi connectivity index (χ4v) is 3.02. The SMILES string of the molecule is CCOCCCNC(=O)c1ccc2c(c1)nc(C)n2-c1ccc(OC)cc1. The number of rotatable bonds is 8. The Morgan fingerprint density at radius 3 is 2.67 bits per heavy atom. The van der Waals surface area contributed by atoms with Crippen LogP contribution in [-0.2, 0) is 4.74 Å². The number of aromatic nitrogens is 2. The predicted molar refractivity (Wildman–Crippen MR) is 106 cm³/mol. The largest absolute Gasteiger partial charge is 0.497 e. The minimum atomic E-state index is -0.0925. The summed E-state index contributed by atoms with van der Waals surface area (Å²) < 4.78 is 12.6. The number of ether oxygens (including phenoxy) is 2. The molecule has 0 unspecified atom stereocenters. The number of hydrogen-bond acceptors (Lipinski definition) is 4. The van der Waals surface area contributed by atoms with Gasteiger partial charge in [-0.1, -0.05) is 0 Å². The molecule has 2 aromatic carbocycles. The van der Waals surface area contributed by atoms with Crippen molar-refractivity contribution in [2.75, 3.05) is 26.9 Å². The minimum absolute atomic E-state index is 0.0925. The van der Waals surface area contributed by atoms with Gasteiger partial charge in [0.1, 0.15) is 11.6 Å². The monoisotopic (exact) mass is 367 g/mol. The Morgan fingerprint density at radius 2 is 1.96 bits per heavy atom. The van der Waals surface area contributed by atoms with Gasteiger partial charge in [0.05, 0.1) is 18.1 Å². The molecule has 6 heteroatoms. The second kappa shape index (κ2) is 8.68. The lowest BCUT2D eigenvalue weighted by atomic mass is 10.2. The van der Waals surface area contributed by atoms with Crippen LogP contribution in [0.15, 0.2) is 42.5 Å². The highest BCUT2D eigenvalue weighted by Crippen LogP contribution is 2.24. The van der Waals surface area contributed by atoms with Gasteiger partial charge >= 0.3 is 0 Å². The molecule has 3 aromatic rings. The average molecular weight is 367 g/mol. The number of nitrogens with one attached hydrogen (secondary N) is 1. The van der Waals surface area contributed by atoms with Crippen LogP contribution in [0.4, 0.5) is 0 Å². The van der Waals surface area contributed by atoms with Crippen molar-refractivity contribution >= 4 is 16.9 Å². The Kier molecular flexibility index (Phi) is 6.08. The van der Waals surface area contributed by atoms with Crippen LogP contribution in [0.2, 0.25) is 0 Å². The van der Waals surface area contributed by atoms with Gasteiger partial charge in [-0.25, -0.2) is 4.98 Å². The summed E-state index contributed by atoms with van der Waals surface area (Å²) in [5.74, 6) is 1.58. The fourth-order valence-electron chi connectivity index (χ4n) is 3.02. The van der Waals surface area contributed by atoms with Gasteiger partial charge in [-0.3, -0.25) is 9.36 Å². The van der Waals surface area contributed by atoms with Gasteiger partial charge in [-0.2, -0.15) is 0 Å². The molecule has 0 spiro atoms. The van der Waals surface area contributed by atoms with E-state index in [2.05, 4.69) is 14.9 Å². The lowest BCUT2D eigenvalue weighted by molar-refractivity contribution is 0.0944. The smallest absolute Gasteiger partial charge is 0.251 e. The topological polar surface area (TPSA) is 65.4 Å². The Labute approximate surface area is 159 Å². The molecule has 1 amide bonds. The summed E-state index contributed by atoms with van der Waals surface area (Å²) in [5, 5.41) is 2.92. The summed E-state index contributed by atoms with van der Waals surface area (Å²) >= 11 is 0. The highest BCUT2D eigenvalue weighted by Gasteiger charge is 2.12. The van der Waals surface area contributed by atoms with Gasteiger partial charge < -0.3 is 14.8 Å². The molecule has 6 nitrogen and oxygen atoms in total. The van der Waals surface area contributed by atoms with E-state index in [1.165, 1.54) is 0 Å². The van der Waals surface area contributed by atoms with Gasteiger partial charge in [0.25, 0.3) is 5.91 Å². The molecule has 27 heavy (non-hydrogen) atoms. The third kappa shape index (κ3) is 4.28. The van der Waals surface area contributed by atoms with E-state index in [0.29, 0.717) is 25.3 Å². The third-order valence-electron chi connectivity index (χ3n) is 4.37. The van der Waals surface area contributed by atoms with Gasteiger partial charge in [-0.05, 0) is 62.7 Å². The molecule has 0 aliphatic heterocycles. The van der Waals surface area contributed by atoms with Crippen LogP contribution in [0.25, 0.3) is 16.7 Å². The summed E-state index contributed by atoms with van der Waals surface area (Å²) in [5.41, 5.74) is 3.37. The number of nitrogens with zero attached hydrogens (tertiary/aromatic N) is 2. The van der Waals surface area contributed by atoms with Crippen LogP contribution in [0.5, 0.6) is 5.75 Å². The molecule has 0 aliphatic rings. The first-order chi connectivity index (χ1) is 13.1. The molecular weight excluding hydrogens is 342 g/mol. The lowest BCUT2D eigenvalue weighted by Crippen LogP contribution is -2.25. The van der Waals surface area contributed by atoms with Gasteiger partial charge in [-0.15, -0.1) is 0 Å². The molecule has 0 radical (unpaired) electrons. The number of carbonyl (C=O) groups is 1. The average Bonchev–Trinajstić information content (AvgIpc) is 3.02. The molecule has 142 valence electrons. The van der Waals surface area contributed by atoms with E-state index in [4.69, 9.17) is 9.47 Å². The second-order valence-electron chi connectivity index (χ2n) is 6.20. The molecule has 0 bridgehead atoms. The number of amides is 1. The summed E-state index contributed by atoms with van der Waals surface area (Å²) in [6.07, 6.45) is 0.799. The number of fused-ring (bicyclic) bond motifs is 1. The van der Waals surface area contributed by atoms with E-state index < -0.39 is 0 Å². The number of carbonyl (C=O) groups excluding carboxylic acids is 1. The summed E-state index contributed by atoms with van der Waals surface area (Å²) in [7, 11) is 1.65. The molecule has 0 saturated heterocycles. The van der Waals surface area contributed by atoms with Crippen LogP contribution in [0.3, 0.4) is 0 Å². The Morgan fingerprint density at radius 1 is 1.19 bits per heavy atom. The van der Waals surface area contributed by atoms with Crippen molar-refractivity contribution in [3.63, 3.8) is 0 Å². The Hall–Kier alpha value is -2.86. The number of benzene rings is 2. The van der Waals surface area contributed by atoms with E-state index in [9.17, 15) is 4.79 Å². The van der Waals surface area contributed by atoms with Crippen LogP contribution in [-0.4, -0.2) is 42.3 Å². The summed E-state index contributed by atoms with van der Waals surface area (Å²) in [6.45, 7) is 5.86. The van der Waals surface area contributed by atoms with E-state index in [0.717, 1.165) is 34.7 Å². The zero-order valence-electron chi connectivity index (χ0n) is 16.0. The highest BCUT2D eigenvalue weighted by molar-refractivity contribution is 5.97. The van der Waals surface area contributed by atoms with Crippen molar-refractivity contribution in [1.82, 2.24) is 14.9 Å². The maximum Gasteiger partial charge on any atom is 0.251 e. The Balaban J connectivity index is 1.79. The van der Waals surface area contributed by atoms with Crippen molar-refractivity contribution in [3.8, 4) is 11.4 Å². The number of hydrogen-bond donors (Lipinski definition) is 1. The molecule has 0 fully saturated rings. The Bertz CT molecular complexity index is 916. The van der Waals surface area contributed by atoms with E-state index in [-0.39, 0.29) is 5.91 Å². The molecule has 3 rings (SSSR count).